The number of benzene rings is 1. The lowest BCUT2D eigenvalue weighted by molar-refractivity contribution is -0.195. The molecule has 6 N–H and O–H groups in total. The molecule has 1 aromatic carbocycles. The Hall–Kier alpha value is -4.22. The molecule has 1 aliphatic rings. The van der Waals surface area contributed by atoms with E-state index in [2.05, 4.69) is 21.3 Å². The molecule has 4 atom stereocenters. The summed E-state index contributed by atoms with van der Waals surface area (Å²) in [6.45, 7) is 6.60. The molecule has 1 heterocycles. The van der Waals surface area contributed by atoms with Crippen molar-refractivity contribution in [3.8, 4) is 5.75 Å². The molecule has 0 unspecified atom stereocenters. The molecule has 1 aromatic rings. The molecule has 0 aliphatic carbocycles. The zero-order valence-corrected chi connectivity index (χ0v) is 27.6. The van der Waals surface area contributed by atoms with E-state index in [0.29, 0.717) is 24.8 Å². The third-order valence-corrected chi connectivity index (χ3v) is 6.75. The normalized spacial score (nSPS) is 18.0. The molecule has 17 heteroatoms. The Morgan fingerprint density at radius 2 is 1.73 bits per heavy atom. The van der Waals surface area contributed by atoms with Gasteiger partial charge in [-0.15, -0.1) is 0 Å². The van der Waals surface area contributed by atoms with Crippen molar-refractivity contribution in [3.05, 3.63) is 29.3 Å². The molecule has 0 saturated carbocycles. The number of rotatable bonds is 19. The SMILES string of the molecule is [B]C(=O)OCc1ccc(O[C@H]2C[C@@H](O)C[C@@H](C(=O)O)O2)c(C(=O)NCC(=O)NCCCC[C@H](NC(=O)COC(C)C)C(=O)NC(C)C)c1. The van der Waals surface area contributed by atoms with E-state index in [1.54, 1.807) is 13.8 Å². The van der Waals surface area contributed by atoms with Crippen LogP contribution in [0.2, 0.25) is 0 Å². The molecule has 2 rings (SSSR count). The van der Waals surface area contributed by atoms with Crippen LogP contribution in [0.5, 0.6) is 5.75 Å². The number of hydrogen-bond donors (Lipinski definition) is 6. The standard InChI is InChI=1S/C31H45BN4O12/c1-17(2)35-29(41)22(36-26(39)16-45-18(3)4)7-5-6-10-33-25(38)14-34-28(40)21-11-19(15-46-31(32)44)8-9-23(21)47-27-13-20(37)12-24(48-27)30(42)43/h8-9,11,17-18,20,22,24,27,37H,5-7,10,12-16H2,1-4H3,(H,33,38)(H,34,40)(H,35,41)(H,36,39)(H,42,43)/t20-,22-,24-,27+/m0/s1. The third kappa shape index (κ3) is 15.1. The molecule has 1 saturated heterocycles. The van der Waals surface area contributed by atoms with Gasteiger partial charge in [-0.25, -0.2) is 4.79 Å². The van der Waals surface area contributed by atoms with Crippen LogP contribution in [0, 0.1) is 0 Å². The van der Waals surface area contributed by atoms with E-state index >= 15 is 0 Å². The maximum Gasteiger partial charge on any atom is 0.333 e. The summed E-state index contributed by atoms with van der Waals surface area (Å²) >= 11 is 0. The lowest BCUT2D eigenvalue weighted by Gasteiger charge is -2.31. The summed E-state index contributed by atoms with van der Waals surface area (Å²) in [5.41, 5.74) is 0.295. The average molecular weight is 677 g/mol. The van der Waals surface area contributed by atoms with Gasteiger partial charge in [0.05, 0.1) is 24.3 Å². The van der Waals surface area contributed by atoms with Crippen molar-refractivity contribution in [2.24, 2.45) is 0 Å². The fourth-order valence-corrected chi connectivity index (χ4v) is 4.49. The van der Waals surface area contributed by atoms with E-state index in [1.165, 1.54) is 18.2 Å². The summed E-state index contributed by atoms with van der Waals surface area (Å²) in [5, 5.41) is 30.0. The highest BCUT2D eigenvalue weighted by Gasteiger charge is 2.34. The number of aliphatic carboxylic acids is 1. The van der Waals surface area contributed by atoms with Gasteiger partial charge >= 0.3 is 5.97 Å². The van der Waals surface area contributed by atoms with Crippen LogP contribution in [0.1, 0.15) is 75.7 Å². The Morgan fingerprint density at radius 1 is 1.00 bits per heavy atom. The molecule has 2 radical (unpaired) electrons. The van der Waals surface area contributed by atoms with Crippen LogP contribution in [0.15, 0.2) is 18.2 Å². The van der Waals surface area contributed by atoms with Gasteiger partial charge < -0.3 is 50.4 Å². The predicted octanol–water partition coefficient (Wildman–Crippen LogP) is 0.272. The summed E-state index contributed by atoms with van der Waals surface area (Å²) in [5.74, 6) is -4.31. The number of aliphatic hydroxyl groups is 1. The number of carboxylic acid groups (broad SMARTS) is 1. The molecule has 0 bridgehead atoms. The summed E-state index contributed by atoms with van der Waals surface area (Å²) in [6.07, 6.45) is -2.53. The van der Waals surface area contributed by atoms with Crippen molar-refractivity contribution < 1.29 is 57.9 Å². The smallest absolute Gasteiger partial charge is 0.333 e. The van der Waals surface area contributed by atoms with Gasteiger partial charge in [0.15, 0.2) is 6.10 Å². The zero-order chi connectivity index (χ0) is 35.8. The van der Waals surface area contributed by atoms with Crippen LogP contribution in [0.25, 0.3) is 0 Å². The molecule has 1 aliphatic heterocycles. The lowest BCUT2D eigenvalue weighted by atomic mass is 10.0. The number of carboxylic acids is 1. The highest BCUT2D eigenvalue weighted by atomic mass is 16.7. The zero-order valence-electron chi connectivity index (χ0n) is 27.6. The molecule has 48 heavy (non-hydrogen) atoms. The quantitative estimate of drug-likeness (QED) is 0.0858. The number of carbonyl (C=O) groups is 6. The van der Waals surface area contributed by atoms with Crippen LogP contribution < -0.4 is 26.0 Å². The minimum absolute atomic E-state index is 0.0297. The van der Waals surface area contributed by atoms with Gasteiger partial charge in [0.2, 0.25) is 37.7 Å². The Bertz CT molecular complexity index is 1280. The van der Waals surface area contributed by atoms with E-state index in [-0.39, 0.29) is 62.0 Å². The Labute approximate surface area is 280 Å². The van der Waals surface area contributed by atoms with Gasteiger partial charge in [-0.05, 0) is 64.7 Å². The molecule has 0 aromatic heterocycles. The van der Waals surface area contributed by atoms with E-state index in [0.717, 1.165) is 0 Å². The van der Waals surface area contributed by atoms with Crippen molar-refractivity contribution in [1.82, 2.24) is 21.3 Å². The number of unbranched alkanes of at least 4 members (excludes halogenated alkanes) is 1. The molecule has 264 valence electrons. The van der Waals surface area contributed by atoms with Gasteiger partial charge in [-0.2, -0.15) is 0 Å². The Morgan fingerprint density at radius 3 is 2.38 bits per heavy atom. The van der Waals surface area contributed by atoms with E-state index in [1.807, 2.05) is 13.8 Å². The summed E-state index contributed by atoms with van der Waals surface area (Å²) < 4.78 is 21.2. The number of ether oxygens (including phenoxy) is 4. The number of amides is 4. The molecular formula is C31H45BN4O12. The highest BCUT2D eigenvalue weighted by Crippen LogP contribution is 2.27. The topological polar surface area (TPSA) is 228 Å². The minimum atomic E-state index is -1.31. The first-order valence-corrected chi connectivity index (χ1v) is 15.7. The van der Waals surface area contributed by atoms with Gasteiger partial charge in [0, 0.05) is 25.4 Å². The van der Waals surface area contributed by atoms with Gasteiger partial charge in [-0.1, -0.05) is 6.07 Å². The van der Waals surface area contributed by atoms with Crippen molar-refractivity contribution >= 4 is 43.3 Å². The van der Waals surface area contributed by atoms with Crippen molar-refractivity contribution in [3.63, 3.8) is 0 Å². The number of nitrogens with one attached hydrogen (secondary N) is 4. The predicted molar refractivity (Wildman–Crippen MR) is 170 cm³/mol. The van der Waals surface area contributed by atoms with Crippen molar-refractivity contribution in [1.29, 1.82) is 0 Å². The molecular weight excluding hydrogens is 631 g/mol. The minimum Gasteiger partial charge on any atom is -0.479 e. The van der Waals surface area contributed by atoms with Crippen LogP contribution in [0.3, 0.4) is 0 Å². The van der Waals surface area contributed by atoms with E-state index < -0.39 is 60.6 Å². The molecule has 16 nitrogen and oxygen atoms in total. The summed E-state index contributed by atoms with van der Waals surface area (Å²) in [7, 11) is 5.03. The van der Waals surface area contributed by atoms with Crippen molar-refractivity contribution in [2.75, 3.05) is 19.7 Å². The first kappa shape index (κ1) is 40.0. The number of aliphatic hydroxyl groups excluding tert-OH is 1. The second kappa shape index (κ2) is 20.2. The maximum atomic E-state index is 13.1. The Balaban J connectivity index is 1.94. The number of carbonyl (C=O) groups excluding carboxylic acids is 5. The first-order chi connectivity index (χ1) is 22.6. The highest BCUT2D eigenvalue weighted by molar-refractivity contribution is 6.55. The van der Waals surface area contributed by atoms with Crippen molar-refractivity contribution in [2.45, 2.75) is 103 Å². The first-order valence-electron chi connectivity index (χ1n) is 15.7. The van der Waals surface area contributed by atoms with Crippen LogP contribution >= 0.6 is 0 Å². The fourth-order valence-electron chi connectivity index (χ4n) is 4.49. The number of hydrogen-bond acceptors (Lipinski definition) is 11. The average Bonchev–Trinajstić information content (AvgIpc) is 3.00. The molecule has 1 fully saturated rings. The summed E-state index contributed by atoms with van der Waals surface area (Å²) in [4.78, 5) is 72.9. The largest absolute Gasteiger partial charge is 0.479 e. The van der Waals surface area contributed by atoms with E-state index in [9.17, 15) is 39.0 Å². The third-order valence-electron chi connectivity index (χ3n) is 6.75. The molecule has 0 spiro atoms. The molecule has 4 amide bonds. The van der Waals surface area contributed by atoms with Gasteiger partial charge in [-0.3, -0.25) is 24.0 Å². The fraction of sp³-hybridized carbons (Fsp3) is 0.613. The second-order valence-electron chi connectivity index (χ2n) is 11.7. The van der Waals surface area contributed by atoms with Crippen LogP contribution in [0.4, 0.5) is 4.79 Å². The second-order valence-corrected chi connectivity index (χ2v) is 11.7. The van der Waals surface area contributed by atoms with Gasteiger partial charge in [0.1, 0.15) is 25.0 Å². The van der Waals surface area contributed by atoms with Crippen LogP contribution in [-0.2, 0) is 40.0 Å². The van der Waals surface area contributed by atoms with E-state index in [4.69, 9.17) is 26.8 Å². The van der Waals surface area contributed by atoms with Gasteiger partial charge in [0.25, 0.3) is 5.91 Å². The monoisotopic (exact) mass is 676 g/mol. The lowest BCUT2D eigenvalue weighted by Crippen LogP contribution is -2.49. The van der Waals surface area contributed by atoms with Crippen LogP contribution in [-0.4, -0.2) is 110 Å². The maximum absolute atomic E-state index is 13.1. The Kier molecular flexibility index (Phi) is 16.8. The summed E-state index contributed by atoms with van der Waals surface area (Å²) in [6, 6.07) is 3.31.